The van der Waals surface area contributed by atoms with Crippen molar-refractivity contribution >= 4 is 28.6 Å². The maximum Gasteiger partial charge on any atom is 0.307 e. The third-order valence-corrected chi connectivity index (χ3v) is 5.27. The van der Waals surface area contributed by atoms with Gasteiger partial charge in [0.1, 0.15) is 11.6 Å². The molecule has 2 N–H and O–H groups in total. The predicted octanol–water partition coefficient (Wildman–Crippen LogP) is 4.40. The largest absolute Gasteiger partial charge is 0.460 e. The molecule has 2 atom stereocenters. The van der Waals surface area contributed by atoms with Gasteiger partial charge >= 0.3 is 5.97 Å². The lowest BCUT2D eigenvalue weighted by Gasteiger charge is -2.31. The summed E-state index contributed by atoms with van der Waals surface area (Å²) >= 11 is 0. The minimum absolute atomic E-state index is 0.0673. The molecule has 0 fully saturated rings. The lowest BCUT2D eigenvalue weighted by Crippen LogP contribution is -2.55. The quantitative estimate of drug-likeness (QED) is 0.579. The second-order valence-corrected chi connectivity index (χ2v) is 10.6. The predicted molar refractivity (Wildman–Crippen MR) is 132 cm³/mol. The third kappa shape index (κ3) is 8.19. The van der Waals surface area contributed by atoms with Crippen molar-refractivity contribution in [3.8, 4) is 0 Å². The number of hydrogen-bond acceptors (Lipinski definition) is 4. The molecule has 0 radical (unpaired) electrons. The number of rotatable bonds is 8. The maximum absolute atomic E-state index is 13.4. The van der Waals surface area contributed by atoms with Crippen LogP contribution in [0.3, 0.4) is 0 Å². The van der Waals surface area contributed by atoms with Gasteiger partial charge in [-0.3, -0.25) is 14.4 Å². The van der Waals surface area contributed by atoms with Gasteiger partial charge < -0.3 is 15.4 Å². The Bertz CT molecular complexity index is 986. The van der Waals surface area contributed by atoms with Gasteiger partial charge in [0.15, 0.2) is 0 Å². The highest BCUT2D eigenvalue weighted by Crippen LogP contribution is 2.23. The molecule has 2 aromatic rings. The molecular weight excluding hydrogens is 416 g/mol. The summed E-state index contributed by atoms with van der Waals surface area (Å²) in [7, 11) is 0. The Morgan fingerprint density at radius 3 is 2.12 bits per heavy atom. The van der Waals surface area contributed by atoms with Crippen LogP contribution >= 0.6 is 0 Å². The molecule has 0 saturated carbocycles. The molecule has 0 aliphatic carbocycles. The van der Waals surface area contributed by atoms with Crippen LogP contribution in [0, 0.1) is 11.3 Å². The van der Waals surface area contributed by atoms with Crippen LogP contribution < -0.4 is 10.6 Å². The van der Waals surface area contributed by atoms with Gasteiger partial charge in [-0.1, -0.05) is 63.2 Å². The first-order valence-corrected chi connectivity index (χ1v) is 11.6. The highest BCUT2D eigenvalue weighted by atomic mass is 16.6. The summed E-state index contributed by atoms with van der Waals surface area (Å²) in [6, 6.07) is 13.3. The van der Waals surface area contributed by atoms with E-state index in [1.165, 1.54) is 0 Å². The lowest BCUT2D eigenvalue weighted by atomic mass is 9.85. The molecule has 6 heteroatoms. The molecule has 0 aromatic heterocycles. The van der Waals surface area contributed by atoms with Crippen molar-refractivity contribution in [3.63, 3.8) is 0 Å². The second kappa shape index (κ2) is 10.8. The minimum atomic E-state index is -0.720. The van der Waals surface area contributed by atoms with Gasteiger partial charge in [0.05, 0.1) is 12.3 Å². The summed E-state index contributed by atoms with van der Waals surface area (Å²) in [5, 5.41) is 7.88. The van der Waals surface area contributed by atoms with E-state index < -0.39 is 28.9 Å². The maximum atomic E-state index is 13.4. The topological polar surface area (TPSA) is 84.5 Å². The zero-order valence-corrected chi connectivity index (χ0v) is 21.0. The highest BCUT2D eigenvalue weighted by molar-refractivity contribution is 5.91. The smallest absolute Gasteiger partial charge is 0.307 e. The molecule has 0 spiro atoms. The van der Waals surface area contributed by atoms with Gasteiger partial charge in [0, 0.05) is 6.54 Å². The van der Waals surface area contributed by atoms with Crippen molar-refractivity contribution in [1.29, 1.82) is 0 Å². The Hall–Kier alpha value is -2.89. The van der Waals surface area contributed by atoms with Crippen LogP contribution in [0.2, 0.25) is 0 Å². The molecule has 0 aliphatic heterocycles. The molecule has 0 heterocycles. The molecule has 180 valence electrons. The summed E-state index contributed by atoms with van der Waals surface area (Å²) in [5.41, 5.74) is -0.188. The Morgan fingerprint density at radius 1 is 0.909 bits per heavy atom. The minimum Gasteiger partial charge on any atom is -0.460 e. The van der Waals surface area contributed by atoms with Crippen LogP contribution in [-0.2, 0) is 25.5 Å². The summed E-state index contributed by atoms with van der Waals surface area (Å²) in [6.45, 7) is 13.4. The zero-order chi connectivity index (χ0) is 24.8. The van der Waals surface area contributed by atoms with E-state index in [4.69, 9.17) is 4.74 Å². The first-order chi connectivity index (χ1) is 15.3. The van der Waals surface area contributed by atoms with E-state index in [1.54, 1.807) is 20.8 Å². The first kappa shape index (κ1) is 26.4. The molecule has 2 amide bonds. The molecule has 6 nitrogen and oxygen atoms in total. The number of carbonyl (C=O) groups is 3. The van der Waals surface area contributed by atoms with Gasteiger partial charge in [-0.15, -0.1) is 0 Å². The summed E-state index contributed by atoms with van der Waals surface area (Å²) in [6.07, 6.45) is 0.296. The number of nitrogens with one attached hydrogen (secondary N) is 2. The number of amides is 2. The number of likely N-dealkylation sites (N-methyl/N-ethyl adjacent to an activating group) is 1. The number of fused-ring (bicyclic) bond motifs is 1. The van der Waals surface area contributed by atoms with Crippen LogP contribution in [0.5, 0.6) is 0 Å². The number of ether oxygens (including phenoxy) is 1. The summed E-state index contributed by atoms with van der Waals surface area (Å²) in [4.78, 5) is 38.6. The molecule has 2 aromatic carbocycles. The number of benzene rings is 2. The van der Waals surface area contributed by atoms with E-state index in [9.17, 15) is 14.4 Å². The molecule has 0 bridgehead atoms. The fourth-order valence-electron chi connectivity index (χ4n) is 3.70. The van der Waals surface area contributed by atoms with Crippen molar-refractivity contribution in [2.75, 3.05) is 6.54 Å². The van der Waals surface area contributed by atoms with Crippen LogP contribution in [-0.4, -0.2) is 36.0 Å². The van der Waals surface area contributed by atoms with Gasteiger partial charge in [0.25, 0.3) is 0 Å². The molecule has 1 unspecified atom stereocenters. The summed E-state index contributed by atoms with van der Waals surface area (Å²) in [5.74, 6) is -1.67. The average Bonchev–Trinajstić information content (AvgIpc) is 2.69. The lowest BCUT2D eigenvalue weighted by molar-refractivity contribution is -0.157. The standard InChI is InChI=1S/C27H38N2O4/c1-8-28-25(32)23(26(2,3)4)29-24(31)21(17-22(30)33-27(5,6)7)16-18-13-14-19-11-9-10-12-20(19)15-18/h9-15,21,23H,8,16-17H2,1-7H3,(H,28,32)(H,29,31)/t21?,23-/m1/s1. The number of carbonyl (C=O) groups excluding carboxylic acids is 3. The molecule has 0 aliphatic rings. The van der Waals surface area contributed by atoms with Crippen molar-refractivity contribution in [3.05, 3.63) is 48.0 Å². The van der Waals surface area contributed by atoms with Crippen molar-refractivity contribution < 1.29 is 19.1 Å². The monoisotopic (exact) mass is 454 g/mol. The molecule has 0 saturated heterocycles. The Balaban J connectivity index is 2.30. The fourth-order valence-corrected chi connectivity index (χ4v) is 3.70. The van der Waals surface area contributed by atoms with Gasteiger partial charge in [-0.25, -0.2) is 0 Å². The first-order valence-electron chi connectivity index (χ1n) is 11.6. The Morgan fingerprint density at radius 2 is 1.55 bits per heavy atom. The van der Waals surface area contributed by atoms with Crippen molar-refractivity contribution in [2.24, 2.45) is 11.3 Å². The van der Waals surface area contributed by atoms with E-state index in [-0.39, 0.29) is 18.2 Å². The molecule has 33 heavy (non-hydrogen) atoms. The van der Waals surface area contributed by atoms with Crippen LogP contribution in [0.15, 0.2) is 42.5 Å². The van der Waals surface area contributed by atoms with E-state index in [0.29, 0.717) is 13.0 Å². The van der Waals surface area contributed by atoms with Crippen LogP contribution in [0.1, 0.15) is 60.5 Å². The SMILES string of the molecule is CCNC(=O)[C@@H](NC(=O)C(CC(=O)OC(C)(C)C)Cc1ccc2ccccc2c1)C(C)(C)C. The average molecular weight is 455 g/mol. The van der Waals surface area contributed by atoms with Gasteiger partial charge in [-0.2, -0.15) is 0 Å². The van der Waals surface area contributed by atoms with E-state index >= 15 is 0 Å². The van der Waals surface area contributed by atoms with Crippen LogP contribution in [0.4, 0.5) is 0 Å². The van der Waals surface area contributed by atoms with Crippen molar-refractivity contribution in [2.45, 2.75) is 73.0 Å². The summed E-state index contributed by atoms with van der Waals surface area (Å²) < 4.78 is 5.49. The van der Waals surface area contributed by atoms with E-state index in [0.717, 1.165) is 16.3 Å². The fraction of sp³-hybridized carbons (Fsp3) is 0.519. The second-order valence-electron chi connectivity index (χ2n) is 10.6. The Labute approximate surface area is 197 Å². The third-order valence-electron chi connectivity index (χ3n) is 5.27. The van der Waals surface area contributed by atoms with E-state index in [1.807, 2.05) is 70.2 Å². The van der Waals surface area contributed by atoms with Gasteiger partial charge in [-0.05, 0) is 55.9 Å². The Kier molecular flexibility index (Phi) is 8.64. The van der Waals surface area contributed by atoms with Gasteiger partial charge in [0.2, 0.25) is 11.8 Å². The normalized spacial score (nSPS) is 13.8. The molecule has 2 rings (SSSR count). The van der Waals surface area contributed by atoms with E-state index in [2.05, 4.69) is 10.6 Å². The number of hydrogen-bond donors (Lipinski definition) is 2. The number of esters is 1. The highest BCUT2D eigenvalue weighted by Gasteiger charge is 2.35. The van der Waals surface area contributed by atoms with Crippen LogP contribution in [0.25, 0.3) is 10.8 Å². The zero-order valence-electron chi connectivity index (χ0n) is 21.0. The van der Waals surface area contributed by atoms with Crippen molar-refractivity contribution in [1.82, 2.24) is 10.6 Å². The molecular formula is C27H38N2O4.